The summed E-state index contributed by atoms with van der Waals surface area (Å²) in [6, 6.07) is 7.30. The molecule has 1 N–H and O–H groups in total. The van der Waals surface area contributed by atoms with Crippen molar-refractivity contribution in [1.29, 1.82) is 5.26 Å². The van der Waals surface area contributed by atoms with Crippen molar-refractivity contribution in [2.45, 2.75) is 38.3 Å². The Hall–Kier alpha value is -1.60. The zero-order valence-corrected chi connectivity index (χ0v) is 11.2. The number of ether oxygens (including phenoxy) is 1. The highest BCUT2D eigenvalue weighted by Gasteiger charge is 2.20. The van der Waals surface area contributed by atoms with Crippen LogP contribution in [0.3, 0.4) is 0 Å². The van der Waals surface area contributed by atoms with E-state index in [2.05, 4.69) is 11.4 Å². The SMILES string of the molecule is COc1ccc(F)cc1CNC1CCC(C#N)CC1. The molecule has 1 aliphatic carbocycles. The van der Waals surface area contributed by atoms with Crippen LogP contribution in [0.1, 0.15) is 31.2 Å². The molecule has 1 aromatic carbocycles. The molecule has 0 amide bonds. The van der Waals surface area contributed by atoms with Crippen molar-refractivity contribution in [1.82, 2.24) is 5.32 Å². The van der Waals surface area contributed by atoms with Crippen molar-refractivity contribution in [2.24, 2.45) is 5.92 Å². The number of benzene rings is 1. The molecule has 0 aromatic heterocycles. The Kier molecular flexibility index (Phi) is 4.75. The molecule has 0 saturated heterocycles. The molecule has 1 aliphatic rings. The molecule has 1 aromatic rings. The van der Waals surface area contributed by atoms with Crippen molar-refractivity contribution in [3.05, 3.63) is 29.6 Å². The predicted octanol–water partition coefficient (Wildman–Crippen LogP) is 3.01. The zero-order chi connectivity index (χ0) is 13.7. The number of methoxy groups -OCH3 is 1. The highest BCUT2D eigenvalue weighted by molar-refractivity contribution is 5.33. The third-order valence-electron chi connectivity index (χ3n) is 3.73. The average Bonchev–Trinajstić information content (AvgIpc) is 2.46. The molecule has 2 rings (SSSR count). The summed E-state index contributed by atoms with van der Waals surface area (Å²) in [7, 11) is 1.59. The van der Waals surface area contributed by atoms with E-state index >= 15 is 0 Å². The lowest BCUT2D eigenvalue weighted by molar-refractivity contribution is 0.328. The van der Waals surface area contributed by atoms with Gasteiger partial charge in [-0.15, -0.1) is 0 Å². The van der Waals surface area contributed by atoms with Crippen molar-refractivity contribution in [3.63, 3.8) is 0 Å². The first-order valence-corrected chi connectivity index (χ1v) is 6.68. The molecule has 0 aliphatic heterocycles. The van der Waals surface area contributed by atoms with Crippen LogP contribution in [0.4, 0.5) is 4.39 Å². The topological polar surface area (TPSA) is 45.0 Å². The normalized spacial score (nSPS) is 22.8. The van der Waals surface area contributed by atoms with Crippen molar-refractivity contribution in [2.75, 3.05) is 7.11 Å². The average molecular weight is 262 g/mol. The van der Waals surface area contributed by atoms with Crippen LogP contribution >= 0.6 is 0 Å². The third kappa shape index (κ3) is 3.68. The summed E-state index contributed by atoms with van der Waals surface area (Å²) in [6.07, 6.45) is 3.93. The molecule has 0 unspecified atom stereocenters. The quantitative estimate of drug-likeness (QED) is 0.907. The minimum absolute atomic E-state index is 0.210. The number of hydrogen-bond donors (Lipinski definition) is 1. The van der Waals surface area contributed by atoms with Crippen LogP contribution in [-0.2, 0) is 6.54 Å². The first kappa shape index (κ1) is 13.8. The van der Waals surface area contributed by atoms with Crippen molar-refractivity contribution < 1.29 is 9.13 Å². The largest absolute Gasteiger partial charge is 0.496 e. The molecular weight excluding hydrogens is 243 g/mol. The number of nitrogens with one attached hydrogen (secondary N) is 1. The second-order valence-electron chi connectivity index (χ2n) is 5.01. The fourth-order valence-electron chi connectivity index (χ4n) is 2.57. The van der Waals surface area contributed by atoms with Gasteiger partial charge in [-0.1, -0.05) is 0 Å². The van der Waals surface area contributed by atoms with Crippen LogP contribution in [-0.4, -0.2) is 13.2 Å². The summed E-state index contributed by atoms with van der Waals surface area (Å²) in [4.78, 5) is 0. The molecule has 3 nitrogen and oxygen atoms in total. The number of hydrogen-bond acceptors (Lipinski definition) is 3. The van der Waals surface area contributed by atoms with Gasteiger partial charge in [0.25, 0.3) is 0 Å². The summed E-state index contributed by atoms with van der Waals surface area (Å²) in [6.45, 7) is 0.600. The highest BCUT2D eigenvalue weighted by Crippen LogP contribution is 2.25. The minimum atomic E-state index is -0.245. The van der Waals surface area contributed by atoms with E-state index in [9.17, 15) is 4.39 Å². The molecule has 1 fully saturated rings. The van der Waals surface area contributed by atoms with Crippen LogP contribution in [0.25, 0.3) is 0 Å². The van der Waals surface area contributed by atoms with Gasteiger partial charge in [-0.3, -0.25) is 0 Å². The molecular formula is C15H19FN2O. The fraction of sp³-hybridized carbons (Fsp3) is 0.533. The van der Waals surface area contributed by atoms with Crippen LogP contribution in [0.5, 0.6) is 5.75 Å². The Balaban J connectivity index is 1.89. The van der Waals surface area contributed by atoms with Gasteiger partial charge in [-0.25, -0.2) is 4.39 Å². The molecule has 0 heterocycles. The zero-order valence-electron chi connectivity index (χ0n) is 11.2. The third-order valence-corrected chi connectivity index (χ3v) is 3.73. The summed E-state index contributed by atoms with van der Waals surface area (Å²) >= 11 is 0. The molecule has 0 spiro atoms. The van der Waals surface area contributed by atoms with Gasteiger partial charge in [-0.2, -0.15) is 5.26 Å². The summed E-state index contributed by atoms with van der Waals surface area (Å²) in [5, 5.41) is 12.3. The molecule has 0 bridgehead atoms. The first-order valence-electron chi connectivity index (χ1n) is 6.68. The van der Waals surface area contributed by atoms with Crippen LogP contribution < -0.4 is 10.1 Å². The van der Waals surface area contributed by atoms with E-state index < -0.39 is 0 Å². The molecule has 4 heteroatoms. The smallest absolute Gasteiger partial charge is 0.123 e. The van der Waals surface area contributed by atoms with Crippen LogP contribution in [0, 0.1) is 23.1 Å². The van der Waals surface area contributed by atoms with E-state index in [-0.39, 0.29) is 11.7 Å². The monoisotopic (exact) mass is 262 g/mol. The number of nitriles is 1. The number of nitrogens with zero attached hydrogens (tertiary/aromatic N) is 1. The maximum atomic E-state index is 13.2. The predicted molar refractivity (Wildman–Crippen MR) is 71.2 cm³/mol. The van der Waals surface area contributed by atoms with E-state index in [4.69, 9.17) is 10.00 Å². The number of rotatable bonds is 4. The minimum Gasteiger partial charge on any atom is -0.496 e. The molecule has 0 atom stereocenters. The van der Waals surface area contributed by atoms with Gasteiger partial charge in [0.15, 0.2) is 0 Å². The molecule has 0 radical (unpaired) electrons. The Morgan fingerprint density at radius 1 is 1.37 bits per heavy atom. The van der Waals surface area contributed by atoms with E-state index in [1.165, 1.54) is 12.1 Å². The van der Waals surface area contributed by atoms with E-state index in [1.54, 1.807) is 13.2 Å². The van der Waals surface area contributed by atoms with E-state index in [1.807, 2.05) is 0 Å². The van der Waals surface area contributed by atoms with Gasteiger partial charge in [0, 0.05) is 24.1 Å². The second-order valence-corrected chi connectivity index (χ2v) is 5.01. The molecule has 1 saturated carbocycles. The van der Waals surface area contributed by atoms with Gasteiger partial charge in [-0.05, 0) is 43.9 Å². The van der Waals surface area contributed by atoms with Gasteiger partial charge in [0.05, 0.1) is 13.2 Å². The standard InChI is InChI=1S/C15H19FN2O/c1-19-15-7-4-13(16)8-12(15)10-18-14-5-2-11(9-17)3-6-14/h4,7-8,11,14,18H,2-3,5-6,10H2,1H3. The Labute approximate surface area is 113 Å². The summed E-state index contributed by atoms with van der Waals surface area (Å²) in [5.41, 5.74) is 0.838. The van der Waals surface area contributed by atoms with Crippen LogP contribution in [0.15, 0.2) is 18.2 Å². The van der Waals surface area contributed by atoms with Crippen molar-refractivity contribution >= 4 is 0 Å². The lowest BCUT2D eigenvalue weighted by atomic mass is 9.87. The Bertz CT molecular complexity index is 462. The Morgan fingerprint density at radius 2 is 2.11 bits per heavy atom. The molecule has 102 valence electrons. The van der Waals surface area contributed by atoms with Gasteiger partial charge < -0.3 is 10.1 Å². The first-order chi connectivity index (χ1) is 9.22. The van der Waals surface area contributed by atoms with Gasteiger partial charge in [0.1, 0.15) is 11.6 Å². The lowest BCUT2D eigenvalue weighted by Gasteiger charge is -2.26. The van der Waals surface area contributed by atoms with E-state index in [0.717, 1.165) is 31.2 Å². The fourth-order valence-corrected chi connectivity index (χ4v) is 2.57. The summed E-state index contributed by atoms with van der Waals surface area (Å²) < 4.78 is 18.5. The maximum absolute atomic E-state index is 13.2. The Morgan fingerprint density at radius 3 is 2.74 bits per heavy atom. The van der Waals surface area contributed by atoms with Gasteiger partial charge in [0.2, 0.25) is 0 Å². The maximum Gasteiger partial charge on any atom is 0.123 e. The van der Waals surface area contributed by atoms with Crippen LogP contribution in [0.2, 0.25) is 0 Å². The van der Waals surface area contributed by atoms with E-state index in [0.29, 0.717) is 18.3 Å². The summed E-state index contributed by atoms with van der Waals surface area (Å²) in [5.74, 6) is 0.673. The van der Waals surface area contributed by atoms with Crippen molar-refractivity contribution in [3.8, 4) is 11.8 Å². The second kappa shape index (κ2) is 6.53. The lowest BCUT2D eigenvalue weighted by Crippen LogP contribution is -2.32. The highest BCUT2D eigenvalue weighted by atomic mass is 19.1. The molecule has 19 heavy (non-hydrogen) atoms. The van der Waals surface area contributed by atoms with Gasteiger partial charge >= 0.3 is 0 Å². The number of halogens is 1.